The van der Waals surface area contributed by atoms with E-state index in [2.05, 4.69) is 15.6 Å². The summed E-state index contributed by atoms with van der Waals surface area (Å²) in [5, 5.41) is 18.3. The average molecular weight is 215 g/mol. The first-order chi connectivity index (χ1) is 7.76. The van der Waals surface area contributed by atoms with Crippen LogP contribution in [-0.2, 0) is 6.54 Å². The summed E-state index contributed by atoms with van der Waals surface area (Å²) in [7, 11) is 0. The molecule has 6 heteroatoms. The monoisotopic (exact) mass is 215 g/mol. The van der Waals surface area contributed by atoms with Crippen molar-refractivity contribution in [2.45, 2.75) is 13.5 Å². The maximum atomic E-state index is 11.4. The second kappa shape index (κ2) is 3.98. The zero-order chi connectivity index (χ0) is 11.5. The Labute approximate surface area is 91.5 Å². The zero-order valence-electron chi connectivity index (χ0n) is 8.64. The van der Waals surface area contributed by atoms with Gasteiger partial charge in [0.25, 0.3) is 5.91 Å². The standard InChI is InChI=1S/C10H9N5O/c1-2-15-9-4-3-7(10(16)12-6-11)5-8(9)13-14-15/h3-5H,2H2,1H3,(H,12,16). The predicted molar refractivity (Wildman–Crippen MR) is 56.3 cm³/mol. The Hall–Kier alpha value is -2.42. The van der Waals surface area contributed by atoms with Crippen molar-refractivity contribution in [1.29, 1.82) is 5.26 Å². The maximum absolute atomic E-state index is 11.4. The van der Waals surface area contributed by atoms with Gasteiger partial charge < -0.3 is 0 Å². The fourth-order valence-corrected chi connectivity index (χ4v) is 1.47. The molecule has 0 fully saturated rings. The smallest absolute Gasteiger partial charge is 0.264 e. The molecule has 0 spiro atoms. The number of carbonyl (C=O) groups is 1. The van der Waals surface area contributed by atoms with Crippen molar-refractivity contribution in [3.63, 3.8) is 0 Å². The van der Waals surface area contributed by atoms with Crippen molar-refractivity contribution >= 4 is 16.9 Å². The molecule has 0 radical (unpaired) electrons. The van der Waals surface area contributed by atoms with Crippen LogP contribution in [-0.4, -0.2) is 20.9 Å². The van der Waals surface area contributed by atoms with Gasteiger partial charge in [-0.15, -0.1) is 5.10 Å². The Morgan fingerprint density at radius 3 is 3.12 bits per heavy atom. The summed E-state index contributed by atoms with van der Waals surface area (Å²) in [6.07, 6.45) is 1.59. The van der Waals surface area contributed by atoms with Gasteiger partial charge in [-0.3, -0.25) is 10.1 Å². The molecule has 1 aromatic heterocycles. The molecule has 1 N–H and O–H groups in total. The van der Waals surface area contributed by atoms with Gasteiger partial charge in [0, 0.05) is 12.1 Å². The molecule has 80 valence electrons. The van der Waals surface area contributed by atoms with Gasteiger partial charge in [0.05, 0.1) is 5.52 Å². The number of rotatable bonds is 2. The minimum atomic E-state index is -0.435. The predicted octanol–water partition coefficient (Wildman–Crippen LogP) is 0.662. The lowest BCUT2D eigenvalue weighted by Gasteiger charge is -1.98. The lowest BCUT2D eigenvalue weighted by molar-refractivity contribution is 0.0973. The van der Waals surface area contributed by atoms with Crippen LogP contribution >= 0.6 is 0 Å². The summed E-state index contributed by atoms with van der Waals surface area (Å²) in [6, 6.07) is 5.02. The molecule has 1 amide bonds. The third kappa shape index (κ3) is 1.59. The van der Waals surface area contributed by atoms with Crippen LogP contribution in [0.15, 0.2) is 18.2 Å². The number of carbonyl (C=O) groups excluding carboxylic acids is 1. The lowest BCUT2D eigenvalue weighted by atomic mass is 10.2. The Kier molecular flexibility index (Phi) is 2.52. The second-order valence-corrected chi connectivity index (χ2v) is 3.17. The van der Waals surface area contributed by atoms with Gasteiger partial charge in [0.15, 0.2) is 6.19 Å². The molecule has 6 nitrogen and oxygen atoms in total. The second-order valence-electron chi connectivity index (χ2n) is 3.17. The minimum Gasteiger partial charge on any atom is -0.268 e. The molecular formula is C10H9N5O. The number of benzene rings is 1. The van der Waals surface area contributed by atoms with Crippen molar-refractivity contribution in [3.05, 3.63) is 23.8 Å². The van der Waals surface area contributed by atoms with Crippen molar-refractivity contribution in [3.8, 4) is 6.19 Å². The third-order valence-corrected chi connectivity index (χ3v) is 2.25. The highest BCUT2D eigenvalue weighted by Gasteiger charge is 2.08. The molecule has 0 bridgehead atoms. The summed E-state index contributed by atoms with van der Waals surface area (Å²) in [4.78, 5) is 11.4. The molecule has 0 saturated carbocycles. The first-order valence-electron chi connectivity index (χ1n) is 4.79. The number of aryl methyl sites for hydroxylation is 1. The van der Waals surface area contributed by atoms with E-state index in [4.69, 9.17) is 5.26 Å². The number of hydrogen-bond acceptors (Lipinski definition) is 4. The summed E-state index contributed by atoms with van der Waals surface area (Å²) >= 11 is 0. The van der Waals surface area contributed by atoms with Crippen LogP contribution in [0.5, 0.6) is 0 Å². The third-order valence-electron chi connectivity index (χ3n) is 2.25. The van der Waals surface area contributed by atoms with Crippen LogP contribution in [0.3, 0.4) is 0 Å². The van der Waals surface area contributed by atoms with E-state index in [0.29, 0.717) is 11.1 Å². The largest absolute Gasteiger partial charge is 0.268 e. The topological polar surface area (TPSA) is 83.6 Å². The number of fused-ring (bicyclic) bond motifs is 1. The van der Waals surface area contributed by atoms with E-state index in [1.807, 2.05) is 6.92 Å². The molecule has 0 aliphatic rings. The van der Waals surface area contributed by atoms with Gasteiger partial charge in [-0.25, -0.2) is 4.68 Å². The van der Waals surface area contributed by atoms with E-state index in [1.165, 1.54) is 0 Å². The van der Waals surface area contributed by atoms with Crippen molar-refractivity contribution in [2.24, 2.45) is 0 Å². The highest BCUT2D eigenvalue weighted by Crippen LogP contribution is 2.13. The van der Waals surface area contributed by atoms with E-state index >= 15 is 0 Å². The van der Waals surface area contributed by atoms with Gasteiger partial charge in [-0.2, -0.15) is 5.26 Å². The summed E-state index contributed by atoms with van der Waals surface area (Å²) in [5.74, 6) is -0.435. The van der Waals surface area contributed by atoms with Crippen molar-refractivity contribution in [2.75, 3.05) is 0 Å². The Bertz CT molecular complexity index is 580. The van der Waals surface area contributed by atoms with Crippen LogP contribution in [0, 0.1) is 11.5 Å². The molecule has 2 aromatic rings. The molecule has 1 aromatic carbocycles. The van der Waals surface area contributed by atoms with Crippen LogP contribution in [0.25, 0.3) is 11.0 Å². The molecule has 2 rings (SSSR count). The average Bonchev–Trinajstić information content (AvgIpc) is 2.71. The fourth-order valence-electron chi connectivity index (χ4n) is 1.47. The Morgan fingerprint density at radius 1 is 1.62 bits per heavy atom. The van der Waals surface area contributed by atoms with Gasteiger partial charge in [0.1, 0.15) is 5.52 Å². The van der Waals surface area contributed by atoms with Gasteiger partial charge in [-0.1, -0.05) is 5.21 Å². The molecule has 0 aliphatic heterocycles. The highest BCUT2D eigenvalue weighted by atomic mass is 16.1. The summed E-state index contributed by atoms with van der Waals surface area (Å²) in [6.45, 7) is 2.69. The SMILES string of the molecule is CCn1nnc2cc(C(=O)NC#N)ccc21. The van der Waals surface area contributed by atoms with Crippen LogP contribution < -0.4 is 5.32 Å². The fraction of sp³-hybridized carbons (Fsp3) is 0.200. The number of aromatic nitrogens is 3. The van der Waals surface area contributed by atoms with Crippen LogP contribution in [0.2, 0.25) is 0 Å². The van der Waals surface area contributed by atoms with E-state index < -0.39 is 5.91 Å². The number of nitriles is 1. The summed E-state index contributed by atoms with van der Waals surface area (Å²) < 4.78 is 1.74. The highest BCUT2D eigenvalue weighted by molar-refractivity contribution is 5.97. The first-order valence-corrected chi connectivity index (χ1v) is 4.79. The lowest BCUT2D eigenvalue weighted by Crippen LogP contribution is -2.17. The minimum absolute atomic E-state index is 0.400. The quantitative estimate of drug-likeness (QED) is 0.589. The number of nitrogens with one attached hydrogen (secondary N) is 1. The Balaban J connectivity index is 2.46. The van der Waals surface area contributed by atoms with E-state index in [-0.39, 0.29) is 0 Å². The van der Waals surface area contributed by atoms with Gasteiger partial charge in [-0.05, 0) is 25.1 Å². The molecule has 0 aliphatic carbocycles. The van der Waals surface area contributed by atoms with Crippen LogP contribution in [0.1, 0.15) is 17.3 Å². The van der Waals surface area contributed by atoms with Crippen molar-refractivity contribution in [1.82, 2.24) is 20.3 Å². The van der Waals surface area contributed by atoms with E-state index in [1.54, 1.807) is 29.1 Å². The van der Waals surface area contributed by atoms with Gasteiger partial charge in [0.2, 0.25) is 0 Å². The maximum Gasteiger partial charge on any atom is 0.264 e. The van der Waals surface area contributed by atoms with Crippen LogP contribution in [0.4, 0.5) is 0 Å². The van der Waals surface area contributed by atoms with Crippen molar-refractivity contribution < 1.29 is 4.79 Å². The number of nitrogens with zero attached hydrogens (tertiary/aromatic N) is 4. The zero-order valence-corrected chi connectivity index (χ0v) is 8.64. The molecule has 1 heterocycles. The van der Waals surface area contributed by atoms with E-state index in [0.717, 1.165) is 12.1 Å². The molecule has 16 heavy (non-hydrogen) atoms. The molecular weight excluding hydrogens is 206 g/mol. The molecule has 0 atom stereocenters. The van der Waals surface area contributed by atoms with Gasteiger partial charge >= 0.3 is 0 Å². The van der Waals surface area contributed by atoms with E-state index in [9.17, 15) is 4.79 Å². The Morgan fingerprint density at radius 2 is 2.44 bits per heavy atom. The summed E-state index contributed by atoms with van der Waals surface area (Å²) in [5.41, 5.74) is 1.92. The molecule has 0 saturated heterocycles. The number of hydrogen-bond donors (Lipinski definition) is 1. The normalized spacial score (nSPS) is 10.0. The molecule has 0 unspecified atom stereocenters. The first kappa shape index (κ1) is 10.1. The number of amides is 1.